The van der Waals surface area contributed by atoms with Crippen molar-refractivity contribution < 1.29 is 14.2 Å². The van der Waals surface area contributed by atoms with Crippen LogP contribution >= 0.6 is 11.6 Å². The first-order valence-electron chi connectivity index (χ1n) is 12.0. The van der Waals surface area contributed by atoms with Crippen LogP contribution in [0.4, 0.5) is 11.4 Å². The van der Waals surface area contributed by atoms with Gasteiger partial charge in [0, 0.05) is 62.1 Å². The fourth-order valence-electron chi connectivity index (χ4n) is 4.31. The summed E-state index contributed by atoms with van der Waals surface area (Å²) < 4.78 is 17.1. The van der Waals surface area contributed by atoms with Gasteiger partial charge in [-0.05, 0) is 38.1 Å². The quantitative estimate of drug-likeness (QED) is 0.410. The average Bonchev–Trinajstić information content (AvgIpc) is 2.88. The molecule has 190 valence electrons. The molecule has 2 heterocycles. The van der Waals surface area contributed by atoms with E-state index < -0.39 is 0 Å². The zero-order valence-corrected chi connectivity index (χ0v) is 22.0. The van der Waals surface area contributed by atoms with Gasteiger partial charge in [0.2, 0.25) is 0 Å². The minimum absolute atomic E-state index is 0.415. The number of halogens is 1. The molecule has 0 amide bonds. The molecule has 0 saturated carbocycles. The summed E-state index contributed by atoms with van der Waals surface area (Å²) in [5.74, 6) is 1.77. The summed E-state index contributed by atoms with van der Waals surface area (Å²) in [5, 5.41) is 14.4. The number of aryl methyl sites for hydroxylation is 1. The fourth-order valence-corrected chi connectivity index (χ4v) is 4.61. The van der Waals surface area contributed by atoms with Crippen LogP contribution in [0.3, 0.4) is 0 Å². The minimum atomic E-state index is 0.415. The van der Waals surface area contributed by atoms with Gasteiger partial charge in [-0.2, -0.15) is 5.26 Å². The van der Waals surface area contributed by atoms with Crippen LogP contribution in [0.15, 0.2) is 30.5 Å². The SMILES string of the molecule is COc1cc(Nc2c(C#N)cnc3cc(OCCCN4CCN(C)CC4)c(OC)cc23)c(C)cc1Cl. The molecule has 2 aromatic carbocycles. The van der Waals surface area contributed by atoms with Crippen molar-refractivity contribution in [3.05, 3.63) is 46.6 Å². The van der Waals surface area contributed by atoms with E-state index in [-0.39, 0.29) is 0 Å². The molecule has 36 heavy (non-hydrogen) atoms. The lowest BCUT2D eigenvalue weighted by molar-refractivity contribution is 0.145. The minimum Gasteiger partial charge on any atom is -0.495 e. The lowest BCUT2D eigenvalue weighted by atomic mass is 10.1. The van der Waals surface area contributed by atoms with Gasteiger partial charge < -0.3 is 29.3 Å². The number of benzene rings is 2. The summed E-state index contributed by atoms with van der Waals surface area (Å²) in [6.45, 7) is 7.93. The van der Waals surface area contributed by atoms with Crippen molar-refractivity contribution >= 4 is 33.9 Å². The number of likely N-dealkylation sites (N-methyl/N-ethyl adjacent to an activating group) is 1. The van der Waals surface area contributed by atoms with Crippen molar-refractivity contribution in [2.24, 2.45) is 0 Å². The van der Waals surface area contributed by atoms with Crippen LogP contribution in [0.1, 0.15) is 17.5 Å². The number of anilines is 2. The summed E-state index contributed by atoms with van der Waals surface area (Å²) in [6, 6.07) is 9.61. The summed E-state index contributed by atoms with van der Waals surface area (Å²) in [4.78, 5) is 9.34. The highest BCUT2D eigenvalue weighted by atomic mass is 35.5. The Balaban J connectivity index is 1.57. The topological polar surface area (TPSA) is 82.9 Å². The number of pyridine rings is 1. The predicted octanol–water partition coefficient (Wildman–Crippen LogP) is 4.85. The number of nitriles is 1. The van der Waals surface area contributed by atoms with Crippen LogP contribution < -0.4 is 19.5 Å². The first-order chi connectivity index (χ1) is 17.4. The Labute approximate surface area is 217 Å². The fraction of sp³-hybridized carbons (Fsp3) is 0.407. The molecule has 4 rings (SSSR count). The molecule has 3 aromatic rings. The molecule has 8 nitrogen and oxygen atoms in total. The first-order valence-corrected chi connectivity index (χ1v) is 12.4. The Kier molecular flexibility index (Phi) is 8.36. The summed E-state index contributed by atoms with van der Waals surface area (Å²) in [7, 11) is 5.34. The van der Waals surface area contributed by atoms with Crippen molar-refractivity contribution in [1.82, 2.24) is 14.8 Å². The van der Waals surface area contributed by atoms with Crippen LogP contribution in [0.25, 0.3) is 10.9 Å². The number of piperazine rings is 1. The van der Waals surface area contributed by atoms with Gasteiger partial charge in [0.15, 0.2) is 11.5 Å². The molecule has 1 aliphatic rings. The van der Waals surface area contributed by atoms with Crippen LogP contribution in [0, 0.1) is 18.3 Å². The molecule has 0 atom stereocenters. The van der Waals surface area contributed by atoms with E-state index in [1.807, 2.05) is 31.2 Å². The van der Waals surface area contributed by atoms with E-state index in [1.54, 1.807) is 20.4 Å². The van der Waals surface area contributed by atoms with Gasteiger partial charge in [-0.15, -0.1) is 0 Å². The molecular weight excluding hydrogens is 478 g/mol. The number of nitrogens with one attached hydrogen (secondary N) is 1. The number of nitrogens with zero attached hydrogens (tertiary/aromatic N) is 4. The van der Waals surface area contributed by atoms with Gasteiger partial charge in [-0.25, -0.2) is 0 Å². The van der Waals surface area contributed by atoms with Crippen molar-refractivity contribution in [3.63, 3.8) is 0 Å². The highest BCUT2D eigenvalue weighted by molar-refractivity contribution is 6.32. The van der Waals surface area contributed by atoms with Crippen LogP contribution in [0.2, 0.25) is 5.02 Å². The third-order valence-electron chi connectivity index (χ3n) is 6.50. The molecule has 1 saturated heterocycles. The van der Waals surface area contributed by atoms with Crippen molar-refractivity contribution in [2.75, 3.05) is 65.9 Å². The maximum Gasteiger partial charge on any atom is 0.163 e. The second-order valence-electron chi connectivity index (χ2n) is 8.95. The van der Waals surface area contributed by atoms with Gasteiger partial charge in [0.05, 0.1) is 42.6 Å². The van der Waals surface area contributed by atoms with Crippen molar-refractivity contribution in [1.29, 1.82) is 5.26 Å². The molecule has 0 spiro atoms. The second-order valence-corrected chi connectivity index (χ2v) is 9.36. The highest BCUT2D eigenvalue weighted by Crippen LogP contribution is 2.39. The molecule has 1 aromatic heterocycles. The molecule has 1 N–H and O–H groups in total. The zero-order chi connectivity index (χ0) is 25.7. The van der Waals surface area contributed by atoms with Gasteiger partial charge >= 0.3 is 0 Å². The second kappa shape index (κ2) is 11.7. The van der Waals surface area contributed by atoms with Crippen LogP contribution in [-0.2, 0) is 0 Å². The van der Waals surface area contributed by atoms with Gasteiger partial charge in [-0.3, -0.25) is 4.98 Å². The highest BCUT2D eigenvalue weighted by Gasteiger charge is 2.17. The number of aromatic nitrogens is 1. The molecule has 0 unspecified atom stereocenters. The number of hydrogen-bond acceptors (Lipinski definition) is 8. The Morgan fingerprint density at radius 1 is 1.06 bits per heavy atom. The van der Waals surface area contributed by atoms with Crippen molar-refractivity contribution in [2.45, 2.75) is 13.3 Å². The maximum atomic E-state index is 9.78. The van der Waals surface area contributed by atoms with Crippen LogP contribution in [0.5, 0.6) is 17.2 Å². The molecule has 1 fully saturated rings. The molecule has 9 heteroatoms. The Bertz CT molecular complexity index is 1270. The largest absolute Gasteiger partial charge is 0.495 e. The summed E-state index contributed by atoms with van der Waals surface area (Å²) in [5.41, 5.74) is 3.45. The maximum absolute atomic E-state index is 9.78. The Hall–Kier alpha value is -3.25. The van der Waals surface area contributed by atoms with E-state index in [4.69, 9.17) is 25.8 Å². The van der Waals surface area contributed by atoms with E-state index in [1.165, 1.54) is 0 Å². The van der Waals surface area contributed by atoms with Gasteiger partial charge in [-0.1, -0.05) is 11.6 Å². The number of methoxy groups -OCH3 is 2. The van der Waals surface area contributed by atoms with E-state index in [2.05, 4.69) is 33.2 Å². The summed E-state index contributed by atoms with van der Waals surface area (Å²) >= 11 is 6.27. The first kappa shape index (κ1) is 25.8. The van der Waals surface area contributed by atoms with Gasteiger partial charge in [0.25, 0.3) is 0 Å². The lowest BCUT2D eigenvalue weighted by Gasteiger charge is -2.32. The molecular formula is C27H32ClN5O3. The number of fused-ring (bicyclic) bond motifs is 1. The van der Waals surface area contributed by atoms with E-state index in [9.17, 15) is 5.26 Å². The van der Waals surface area contributed by atoms with E-state index >= 15 is 0 Å². The zero-order valence-electron chi connectivity index (χ0n) is 21.2. The predicted molar refractivity (Wildman–Crippen MR) is 143 cm³/mol. The smallest absolute Gasteiger partial charge is 0.163 e. The van der Waals surface area contributed by atoms with Gasteiger partial charge in [0.1, 0.15) is 11.8 Å². The summed E-state index contributed by atoms with van der Waals surface area (Å²) in [6.07, 6.45) is 2.49. The number of rotatable bonds is 9. The van der Waals surface area contributed by atoms with Crippen molar-refractivity contribution in [3.8, 4) is 23.3 Å². The third kappa shape index (κ3) is 5.76. The number of hydrogen-bond donors (Lipinski definition) is 1. The van der Waals surface area contributed by atoms with E-state index in [0.29, 0.717) is 45.6 Å². The monoisotopic (exact) mass is 509 g/mol. The normalized spacial score (nSPS) is 14.4. The third-order valence-corrected chi connectivity index (χ3v) is 6.80. The Morgan fingerprint density at radius 3 is 2.50 bits per heavy atom. The Morgan fingerprint density at radius 2 is 1.81 bits per heavy atom. The molecule has 0 bridgehead atoms. The molecule has 0 radical (unpaired) electrons. The van der Waals surface area contributed by atoms with E-state index in [0.717, 1.165) is 55.8 Å². The van der Waals surface area contributed by atoms with Crippen LogP contribution in [-0.4, -0.2) is 75.4 Å². The number of ether oxygens (including phenoxy) is 3. The standard InChI is InChI=1S/C27H32ClN5O3/c1-18-12-21(28)24(34-3)14-22(18)31-27-19(16-29)17-30-23-15-26(25(35-4)13-20(23)27)36-11-5-6-33-9-7-32(2)8-10-33/h12-15,17H,5-11H2,1-4H3,(H,30,31). The average molecular weight is 510 g/mol. The molecule has 0 aliphatic carbocycles. The molecule has 1 aliphatic heterocycles. The lowest BCUT2D eigenvalue weighted by Crippen LogP contribution is -2.44.